The Hall–Kier alpha value is -1.88. The van der Waals surface area contributed by atoms with Crippen LogP contribution in [-0.2, 0) is 4.79 Å². The number of hydrogen-bond donors (Lipinski definition) is 1. The summed E-state index contributed by atoms with van der Waals surface area (Å²) in [5.74, 6) is 0.654. The highest BCUT2D eigenvalue weighted by Crippen LogP contribution is 2.29. The van der Waals surface area contributed by atoms with Gasteiger partial charge in [-0.25, -0.2) is 4.98 Å². The zero-order valence-corrected chi connectivity index (χ0v) is 11.1. The Morgan fingerprint density at radius 1 is 1.56 bits per heavy atom. The molecule has 0 unspecified atom stereocenters. The summed E-state index contributed by atoms with van der Waals surface area (Å²) in [6.45, 7) is 4.38. The molecule has 2 rings (SSSR count). The second-order valence-electron chi connectivity index (χ2n) is 3.57. The van der Waals surface area contributed by atoms with Crippen LogP contribution < -0.4 is 10.1 Å². The molecule has 1 heterocycles. The normalized spacial score (nSPS) is 11.0. The van der Waals surface area contributed by atoms with Gasteiger partial charge in [0.05, 0.1) is 16.8 Å². The van der Waals surface area contributed by atoms with Gasteiger partial charge in [0.2, 0.25) is 5.91 Å². The first-order chi connectivity index (χ1) is 8.72. The van der Waals surface area contributed by atoms with Crippen molar-refractivity contribution in [2.75, 3.05) is 11.9 Å². The molecule has 0 aliphatic carbocycles. The van der Waals surface area contributed by atoms with E-state index in [0.717, 1.165) is 16.0 Å². The number of rotatable bonds is 4. The minimum atomic E-state index is -0.165. The maximum absolute atomic E-state index is 11.4. The molecule has 0 aliphatic heterocycles. The van der Waals surface area contributed by atoms with E-state index in [0.29, 0.717) is 11.7 Å². The van der Waals surface area contributed by atoms with Gasteiger partial charge in [0, 0.05) is 0 Å². The van der Waals surface area contributed by atoms with Gasteiger partial charge in [-0.05, 0) is 38.1 Å². The molecule has 0 fully saturated rings. The van der Waals surface area contributed by atoms with Crippen LogP contribution in [0.25, 0.3) is 10.2 Å². The van der Waals surface area contributed by atoms with E-state index in [4.69, 9.17) is 4.74 Å². The lowest BCUT2D eigenvalue weighted by molar-refractivity contribution is -0.111. The third kappa shape index (κ3) is 2.87. The molecule has 18 heavy (non-hydrogen) atoms. The lowest BCUT2D eigenvalue weighted by atomic mass is 10.3. The average molecular weight is 262 g/mol. The summed E-state index contributed by atoms with van der Waals surface area (Å²) in [6.07, 6.45) is 3.16. The molecule has 2 aromatic rings. The fraction of sp³-hybridized carbons (Fsp3) is 0.231. The van der Waals surface area contributed by atoms with Crippen LogP contribution in [0.5, 0.6) is 5.75 Å². The molecule has 0 bridgehead atoms. The highest BCUT2D eigenvalue weighted by molar-refractivity contribution is 7.22. The predicted molar refractivity (Wildman–Crippen MR) is 74.2 cm³/mol. The largest absolute Gasteiger partial charge is 0.494 e. The molecular weight excluding hydrogens is 248 g/mol. The van der Waals surface area contributed by atoms with E-state index in [-0.39, 0.29) is 5.91 Å². The number of amides is 1. The van der Waals surface area contributed by atoms with Gasteiger partial charge in [-0.1, -0.05) is 17.4 Å². The Labute approximate surface area is 109 Å². The van der Waals surface area contributed by atoms with Crippen molar-refractivity contribution in [2.24, 2.45) is 0 Å². The molecule has 1 N–H and O–H groups in total. The van der Waals surface area contributed by atoms with Gasteiger partial charge in [-0.15, -0.1) is 0 Å². The zero-order valence-electron chi connectivity index (χ0n) is 10.3. The molecule has 0 saturated heterocycles. The van der Waals surface area contributed by atoms with Crippen molar-refractivity contribution in [3.8, 4) is 5.75 Å². The quantitative estimate of drug-likeness (QED) is 0.861. The topological polar surface area (TPSA) is 51.2 Å². The van der Waals surface area contributed by atoms with Gasteiger partial charge in [0.1, 0.15) is 5.75 Å². The fourth-order valence-electron chi connectivity index (χ4n) is 1.51. The van der Waals surface area contributed by atoms with Gasteiger partial charge >= 0.3 is 0 Å². The molecule has 0 radical (unpaired) electrons. The highest BCUT2D eigenvalue weighted by Gasteiger charge is 2.06. The van der Waals surface area contributed by atoms with Crippen molar-refractivity contribution >= 4 is 32.6 Å². The van der Waals surface area contributed by atoms with Crippen molar-refractivity contribution in [2.45, 2.75) is 13.8 Å². The van der Waals surface area contributed by atoms with E-state index in [1.807, 2.05) is 25.1 Å². The third-order valence-electron chi connectivity index (χ3n) is 2.22. The Morgan fingerprint density at radius 2 is 2.39 bits per heavy atom. The molecule has 0 saturated carbocycles. The summed E-state index contributed by atoms with van der Waals surface area (Å²) >= 11 is 1.43. The zero-order chi connectivity index (χ0) is 13.0. The summed E-state index contributed by atoms with van der Waals surface area (Å²) in [4.78, 5) is 15.7. The molecular formula is C13H14N2O2S. The monoisotopic (exact) mass is 262 g/mol. The van der Waals surface area contributed by atoms with E-state index in [1.165, 1.54) is 17.4 Å². The Morgan fingerprint density at radius 3 is 3.11 bits per heavy atom. The predicted octanol–water partition coefficient (Wildman–Crippen LogP) is 3.21. The van der Waals surface area contributed by atoms with Crippen LogP contribution in [-0.4, -0.2) is 17.5 Å². The number of nitrogens with zero attached hydrogens (tertiary/aromatic N) is 1. The van der Waals surface area contributed by atoms with Gasteiger partial charge in [-0.2, -0.15) is 0 Å². The number of hydrogen-bond acceptors (Lipinski definition) is 4. The first-order valence-electron chi connectivity index (χ1n) is 5.70. The van der Waals surface area contributed by atoms with Crippen molar-refractivity contribution in [1.29, 1.82) is 0 Å². The number of ether oxygens (including phenoxy) is 1. The molecule has 94 valence electrons. The summed E-state index contributed by atoms with van der Waals surface area (Å²) in [6, 6.07) is 5.70. The highest BCUT2D eigenvalue weighted by atomic mass is 32.1. The Kier molecular flexibility index (Phi) is 3.94. The van der Waals surface area contributed by atoms with Crippen LogP contribution in [0.4, 0.5) is 5.13 Å². The number of allylic oxidation sites excluding steroid dienone is 1. The number of thiazole rings is 1. The first kappa shape index (κ1) is 12.6. The molecule has 0 spiro atoms. The molecule has 0 atom stereocenters. The average Bonchev–Trinajstić information content (AvgIpc) is 2.71. The lowest BCUT2D eigenvalue weighted by Crippen LogP contribution is -2.06. The third-order valence-corrected chi connectivity index (χ3v) is 3.15. The van der Waals surface area contributed by atoms with E-state index in [1.54, 1.807) is 13.0 Å². The standard InChI is InChI=1S/C13H14N2O2S/c1-3-5-12(16)15-13-14-10-7-6-9(17-4-2)8-11(10)18-13/h3,5-8H,4H2,1-2H3,(H,14,15,16). The van der Waals surface area contributed by atoms with Crippen LogP contribution in [0.15, 0.2) is 30.4 Å². The molecule has 4 nitrogen and oxygen atoms in total. The van der Waals surface area contributed by atoms with Crippen molar-refractivity contribution in [3.05, 3.63) is 30.4 Å². The molecule has 1 aromatic carbocycles. The molecule has 5 heteroatoms. The maximum atomic E-state index is 11.4. The SMILES string of the molecule is CC=CC(=O)Nc1nc2ccc(OCC)cc2s1. The Bertz CT molecular complexity index is 590. The summed E-state index contributed by atoms with van der Waals surface area (Å²) in [5.41, 5.74) is 0.860. The van der Waals surface area contributed by atoms with Gasteiger partial charge in [-0.3, -0.25) is 10.1 Å². The van der Waals surface area contributed by atoms with Crippen molar-refractivity contribution < 1.29 is 9.53 Å². The lowest BCUT2D eigenvalue weighted by Gasteiger charge is -2.00. The van der Waals surface area contributed by atoms with Crippen LogP contribution in [0, 0.1) is 0 Å². The molecule has 1 aromatic heterocycles. The van der Waals surface area contributed by atoms with Crippen molar-refractivity contribution in [3.63, 3.8) is 0 Å². The fourth-order valence-corrected chi connectivity index (χ4v) is 2.41. The summed E-state index contributed by atoms with van der Waals surface area (Å²) < 4.78 is 6.42. The van der Waals surface area contributed by atoms with Gasteiger partial charge < -0.3 is 4.74 Å². The van der Waals surface area contributed by atoms with Crippen LogP contribution >= 0.6 is 11.3 Å². The van der Waals surface area contributed by atoms with E-state index in [2.05, 4.69) is 10.3 Å². The van der Waals surface area contributed by atoms with Crippen LogP contribution in [0.3, 0.4) is 0 Å². The summed E-state index contributed by atoms with van der Waals surface area (Å²) in [7, 11) is 0. The number of aromatic nitrogens is 1. The minimum Gasteiger partial charge on any atom is -0.494 e. The number of fused-ring (bicyclic) bond motifs is 1. The van der Waals surface area contributed by atoms with Crippen molar-refractivity contribution in [1.82, 2.24) is 4.98 Å². The molecule has 0 aliphatic rings. The number of carbonyl (C=O) groups is 1. The van der Waals surface area contributed by atoms with Gasteiger partial charge in [0.25, 0.3) is 0 Å². The van der Waals surface area contributed by atoms with E-state index in [9.17, 15) is 4.79 Å². The van der Waals surface area contributed by atoms with Crippen LogP contribution in [0.2, 0.25) is 0 Å². The van der Waals surface area contributed by atoms with Gasteiger partial charge in [0.15, 0.2) is 5.13 Å². The Balaban J connectivity index is 2.24. The number of benzene rings is 1. The first-order valence-corrected chi connectivity index (χ1v) is 6.51. The maximum Gasteiger partial charge on any atom is 0.249 e. The number of carbonyl (C=O) groups excluding carboxylic acids is 1. The van der Waals surface area contributed by atoms with E-state index >= 15 is 0 Å². The summed E-state index contributed by atoms with van der Waals surface area (Å²) in [5, 5.41) is 3.32. The van der Waals surface area contributed by atoms with Crippen LogP contribution in [0.1, 0.15) is 13.8 Å². The number of anilines is 1. The molecule has 1 amide bonds. The second-order valence-corrected chi connectivity index (χ2v) is 4.60. The number of nitrogens with one attached hydrogen (secondary N) is 1. The second kappa shape index (κ2) is 5.64. The minimum absolute atomic E-state index is 0.165. The smallest absolute Gasteiger partial charge is 0.249 e. The van der Waals surface area contributed by atoms with E-state index < -0.39 is 0 Å².